The standard InChI is InChI=1S/C16H21FO2/c1-11-4-3-5-13(8-11)10-19-16-7-6-14(17)9-15(16)12(2)18/h6-7,9,11,13H,3-5,8,10H2,1-2H3. The van der Waals surface area contributed by atoms with Crippen LogP contribution in [0.5, 0.6) is 5.75 Å². The molecular weight excluding hydrogens is 243 g/mol. The Morgan fingerprint density at radius 3 is 2.89 bits per heavy atom. The lowest BCUT2D eigenvalue weighted by molar-refractivity contribution is 0.101. The van der Waals surface area contributed by atoms with Gasteiger partial charge in [0, 0.05) is 0 Å². The molecule has 2 rings (SSSR count). The highest BCUT2D eigenvalue weighted by atomic mass is 19.1. The number of rotatable bonds is 4. The van der Waals surface area contributed by atoms with Crippen molar-refractivity contribution in [1.29, 1.82) is 0 Å². The molecule has 3 heteroatoms. The van der Waals surface area contributed by atoms with E-state index in [4.69, 9.17) is 4.74 Å². The molecule has 0 amide bonds. The smallest absolute Gasteiger partial charge is 0.163 e. The highest BCUT2D eigenvalue weighted by Gasteiger charge is 2.20. The van der Waals surface area contributed by atoms with Gasteiger partial charge in [0.05, 0.1) is 12.2 Å². The van der Waals surface area contributed by atoms with Crippen molar-refractivity contribution in [1.82, 2.24) is 0 Å². The lowest BCUT2D eigenvalue weighted by atomic mass is 9.83. The van der Waals surface area contributed by atoms with E-state index in [1.54, 1.807) is 6.07 Å². The van der Waals surface area contributed by atoms with E-state index in [1.165, 1.54) is 44.7 Å². The van der Waals surface area contributed by atoms with E-state index in [0.717, 1.165) is 5.92 Å². The number of benzene rings is 1. The van der Waals surface area contributed by atoms with Crippen LogP contribution >= 0.6 is 0 Å². The van der Waals surface area contributed by atoms with Crippen LogP contribution in [0.15, 0.2) is 18.2 Å². The zero-order chi connectivity index (χ0) is 13.8. The molecule has 0 N–H and O–H groups in total. The van der Waals surface area contributed by atoms with E-state index in [9.17, 15) is 9.18 Å². The second kappa shape index (κ2) is 6.18. The van der Waals surface area contributed by atoms with Crippen LogP contribution in [0.25, 0.3) is 0 Å². The Labute approximate surface area is 114 Å². The largest absolute Gasteiger partial charge is 0.493 e. The average Bonchev–Trinajstić information content (AvgIpc) is 2.37. The normalized spacial score (nSPS) is 23.1. The third-order valence-corrected chi connectivity index (χ3v) is 3.84. The number of carbonyl (C=O) groups excluding carboxylic acids is 1. The Hall–Kier alpha value is -1.38. The maximum absolute atomic E-state index is 13.1. The molecule has 0 aromatic heterocycles. The quantitative estimate of drug-likeness (QED) is 0.760. The molecule has 1 saturated carbocycles. The maximum atomic E-state index is 13.1. The van der Waals surface area contributed by atoms with Crippen molar-refractivity contribution in [3.05, 3.63) is 29.6 Å². The Balaban J connectivity index is 2.01. The monoisotopic (exact) mass is 264 g/mol. The second-order valence-corrected chi connectivity index (χ2v) is 5.65. The minimum atomic E-state index is -0.399. The van der Waals surface area contributed by atoms with Gasteiger partial charge in [0.1, 0.15) is 11.6 Å². The fourth-order valence-corrected chi connectivity index (χ4v) is 2.82. The number of ether oxygens (including phenoxy) is 1. The highest BCUT2D eigenvalue weighted by molar-refractivity contribution is 5.96. The molecule has 0 bridgehead atoms. The first-order valence-electron chi connectivity index (χ1n) is 6.99. The van der Waals surface area contributed by atoms with Crippen molar-refractivity contribution in [2.75, 3.05) is 6.61 Å². The Bertz CT molecular complexity index is 456. The first kappa shape index (κ1) is 14.0. The zero-order valence-electron chi connectivity index (χ0n) is 11.6. The molecule has 1 fully saturated rings. The molecule has 0 spiro atoms. The third-order valence-electron chi connectivity index (χ3n) is 3.84. The van der Waals surface area contributed by atoms with E-state index in [-0.39, 0.29) is 5.78 Å². The van der Waals surface area contributed by atoms with Crippen molar-refractivity contribution in [3.8, 4) is 5.75 Å². The second-order valence-electron chi connectivity index (χ2n) is 5.65. The van der Waals surface area contributed by atoms with Gasteiger partial charge in [-0.15, -0.1) is 0 Å². The molecule has 1 aromatic rings. The summed E-state index contributed by atoms with van der Waals surface area (Å²) in [6.45, 7) is 4.33. The van der Waals surface area contributed by atoms with Gasteiger partial charge < -0.3 is 4.74 Å². The van der Waals surface area contributed by atoms with Crippen LogP contribution in [-0.2, 0) is 0 Å². The molecule has 104 valence electrons. The number of ketones is 1. The summed E-state index contributed by atoms with van der Waals surface area (Å²) in [7, 11) is 0. The molecule has 0 heterocycles. The van der Waals surface area contributed by atoms with Gasteiger partial charge in [-0.05, 0) is 49.8 Å². The van der Waals surface area contributed by atoms with E-state index in [2.05, 4.69) is 6.92 Å². The predicted molar refractivity (Wildman–Crippen MR) is 73.0 cm³/mol. The van der Waals surface area contributed by atoms with Crippen LogP contribution in [0.3, 0.4) is 0 Å². The number of hydrogen-bond acceptors (Lipinski definition) is 2. The minimum Gasteiger partial charge on any atom is -0.493 e. The summed E-state index contributed by atoms with van der Waals surface area (Å²) in [5.41, 5.74) is 0.337. The summed E-state index contributed by atoms with van der Waals surface area (Å²) in [5.74, 6) is 1.25. The first-order chi connectivity index (χ1) is 9.06. The summed E-state index contributed by atoms with van der Waals surface area (Å²) in [6, 6.07) is 4.14. The molecule has 0 radical (unpaired) electrons. The molecule has 2 unspecified atom stereocenters. The minimum absolute atomic E-state index is 0.161. The third kappa shape index (κ3) is 3.79. The van der Waals surface area contributed by atoms with Gasteiger partial charge >= 0.3 is 0 Å². The van der Waals surface area contributed by atoms with Crippen molar-refractivity contribution in [2.24, 2.45) is 11.8 Å². The molecule has 1 aliphatic carbocycles. The summed E-state index contributed by atoms with van der Waals surface area (Å²) < 4.78 is 18.9. The van der Waals surface area contributed by atoms with Crippen molar-refractivity contribution < 1.29 is 13.9 Å². The van der Waals surface area contributed by atoms with Crippen LogP contribution < -0.4 is 4.74 Å². The Morgan fingerprint density at radius 1 is 1.42 bits per heavy atom. The Kier molecular flexibility index (Phi) is 4.56. The fourth-order valence-electron chi connectivity index (χ4n) is 2.82. The summed E-state index contributed by atoms with van der Waals surface area (Å²) in [4.78, 5) is 11.5. The molecular formula is C16H21FO2. The average molecular weight is 264 g/mol. The summed E-state index contributed by atoms with van der Waals surface area (Å²) >= 11 is 0. The maximum Gasteiger partial charge on any atom is 0.163 e. The van der Waals surface area contributed by atoms with Crippen LogP contribution in [0.4, 0.5) is 4.39 Å². The fraction of sp³-hybridized carbons (Fsp3) is 0.562. The van der Waals surface area contributed by atoms with Crippen LogP contribution in [0.2, 0.25) is 0 Å². The van der Waals surface area contributed by atoms with Crippen molar-refractivity contribution in [2.45, 2.75) is 39.5 Å². The number of halogens is 1. The van der Waals surface area contributed by atoms with Gasteiger partial charge in [0.2, 0.25) is 0 Å². The first-order valence-corrected chi connectivity index (χ1v) is 6.99. The lowest BCUT2D eigenvalue weighted by Gasteiger charge is -2.26. The number of hydrogen-bond donors (Lipinski definition) is 0. The van der Waals surface area contributed by atoms with Gasteiger partial charge in [-0.1, -0.05) is 19.8 Å². The molecule has 1 aromatic carbocycles. The van der Waals surface area contributed by atoms with Crippen LogP contribution in [-0.4, -0.2) is 12.4 Å². The number of carbonyl (C=O) groups is 1. The molecule has 2 atom stereocenters. The Morgan fingerprint density at radius 2 is 2.21 bits per heavy atom. The number of Topliss-reactive ketones (excluding diaryl/α,β-unsaturated/α-hetero) is 1. The zero-order valence-corrected chi connectivity index (χ0v) is 11.6. The van der Waals surface area contributed by atoms with E-state index in [0.29, 0.717) is 23.8 Å². The molecule has 1 aliphatic rings. The van der Waals surface area contributed by atoms with Gasteiger partial charge in [0.15, 0.2) is 5.78 Å². The van der Waals surface area contributed by atoms with Gasteiger partial charge in [0.25, 0.3) is 0 Å². The van der Waals surface area contributed by atoms with Crippen LogP contribution in [0.1, 0.15) is 49.9 Å². The van der Waals surface area contributed by atoms with E-state index in [1.807, 2.05) is 0 Å². The topological polar surface area (TPSA) is 26.3 Å². The molecule has 0 saturated heterocycles. The van der Waals surface area contributed by atoms with Gasteiger partial charge in [-0.25, -0.2) is 4.39 Å². The lowest BCUT2D eigenvalue weighted by Crippen LogP contribution is -2.20. The molecule has 2 nitrogen and oxygen atoms in total. The predicted octanol–water partition coefficient (Wildman–Crippen LogP) is 4.23. The van der Waals surface area contributed by atoms with Crippen LogP contribution in [0, 0.1) is 17.7 Å². The summed E-state index contributed by atoms with van der Waals surface area (Å²) in [6.07, 6.45) is 4.90. The van der Waals surface area contributed by atoms with Crippen molar-refractivity contribution >= 4 is 5.78 Å². The SMILES string of the molecule is CC(=O)c1cc(F)ccc1OCC1CCCC(C)C1. The summed E-state index contributed by atoms with van der Waals surface area (Å²) in [5, 5.41) is 0. The van der Waals surface area contributed by atoms with E-state index < -0.39 is 5.82 Å². The van der Waals surface area contributed by atoms with Gasteiger partial charge in [-0.2, -0.15) is 0 Å². The van der Waals surface area contributed by atoms with Crippen molar-refractivity contribution in [3.63, 3.8) is 0 Å². The van der Waals surface area contributed by atoms with E-state index >= 15 is 0 Å². The molecule has 19 heavy (non-hydrogen) atoms. The van der Waals surface area contributed by atoms with Gasteiger partial charge in [-0.3, -0.25) is 4.79 Å². The highest BCUT2D eigenvalue weighted by Crippen LogP contribution is 2.30. The molecule has 0 aliphatic heterocycles.